The molecule has 0 atom stereocenters. The van der Waals surface area contributed by atoms with Crippen LogP contribution in [0.1, 0.15) is 36.5 Å². The van der Waals surface area contributed by atoms with Crippen molar-refractivity contribution >= 4 is 5.91 Å². The Morgan fingerprint density at radius 1 is 1.29 bits per heavy atom. The lowest BCUT2D eigenvalue weighted by atomic mass is 9.94. The highest BCUT2D eigenvalue weighted by atomic mass is 19.4. The van der Waals surface area contributed by atoms with Crippen LogP contribution in [0.25, 0.3) is 0 Å². The van der Waals surface area contributed by atoms with Gasteiger partial charge in [0.1, 0.15) is 12.4 Å². The number of carbonyl (C=O) groups is 1. The molecule has 0 saturated carbocycles. The van der Waals surface area contributed by atoms with Gasteiger partial charge in [0.15, 0.2) is 0 Å². The predicted octanol–water partition coefficient (Wildman–Crippen LogP) is 3.86. The highest BCUT2D eigenvalue weighted by Gasteiger charge is 2.42. The van der Waals surface area contributed by atoms with Crippen molar-refractivity contribution in [2.45, 2.75) is 38.8 Å². The Bertz CT molecular complexity index is 623. The van der Waals surface area contributed by atoms with Crippen molar-refractivity contribution < 1.29 is 22.7 Å². The van der Waals surface area contributed by atoms with Gasteiger partial charge in [-0.1, -0.05) is 32.6 Å². The summed E-state index contributed by atoms with van der Waals surface area (Å²) in [6.07, 6.45) is -2.37. The number of hydrogen-bond donors (Lipinski definition) is 0. The zero-order valence-electron chi connectivity index (χ0n) is 13.9. The van der Waals surface area contributed by atoms with E-state index in [0.29, 0.717) is 19.4 Å². The minimum atomic E-state index is -4.82. The van der Waals surface area contributed by atoms with Gasteiger partial charge >= 0.3 is 12.1 Å². The van der Waals surface area contributed by atoms with Crippen LogP contribution in [0.2, 0.25) is 0 Å². The molecule has 2 rings (SSSR count). The van der Waals surface area contributed by atoms with E-state index in [1.807, 2.05) is 26.0 Å². The van der Waals surface area contributed by atoms with E-state index >= 15 is 0 Å². The summed E-state index contributed by atoms with van der Waals surface area (Å²) < 4.78 is 43.6. The molecule has 0 N–H and O–H groups in total. The SMILES string of the molecule is C=CCOc1cc2c(cc1C(C)C)CCN(C(=O)C(F)(F)F)CC2. The molecule has 0 radical (unpaired) electrons. The van der Waals surface area contributed by atoms with Gasteiger partial charge in [-0.2, -0.15) is 13.2 Å². The van der Waals surface area contributed by atoms with E-state index < -0.39 is 12.1 Å². The average Bonchev–Trinajstić information content (AvgIpc) is 2.72. The Kier molecular flexibility index (Phi) is 5.57. The molecule has 0 bridgehead atoms. The van der Waals surface area contributed by atoms with Crippen LogP contribution >= 0.6 is 0 Å². The quantitative estimate of drug-likeness (QED) is 0.778. The van der Waals surface area contributed by atoms with Crippen LogP contribution in [-0.2, 0) is 17.6 Å². The van der Waals surface area contributed by atoms with E-state index in [0.717, 1.165) is 27.3 Å². The molecule has 1 aliphatic heterocycles. The molecule has 24 heavy (non-hydrogen) atoms. The predicted molar refractivity (Wildman–Crippen MR) is 86.3 cm³/mol. The molecule has 0 unspecified atom stereocenters. The highest BCUT2D eigenvalue weighted by Crippen LogP contribution is 2.32. The van der Waals surface area contributed by atoms with Crippen LogP contribution in [0.5, 0.6) is 5.75 Å². The highest BCUT2D eigenvalue weighted by molar-refractivity contribution is 5.82. The molecule has 1 heterocycles. The number of rotatable bonds is 4. The van der Waals surface area contributed by atoms with Crippen molar-refractivity contribution in [2.75, 3.05) is 19.7 Å². The Balaban J connectivity index is 2.27. The summed E-state index contributed by atoms with van der Waals surface area (Å²) in [5.41, 5.74) is 2.95. The second-order valence-electron chi connectivity index (χ2n) is 6.20. The molecule has 1 amide bonds. The van der Waals surface area contributed by atoms with Gasteiger partial charge in [0, 0.05) is 13.1 Å². The van der Waals surface area contributed by atoms with Crippen molar-refractivity contribution in [1.82, 2.24) is 4.90 Å². The number of halogens is 3. The molecule has 0 aliphatic carbocycles. The van der Waals surface area contributed by atoms with E-state index in [9.17, 15) is 18.0 Å². The standard InChI is InChI=1S/C18H22F3NO2/c1-4-9-24-16-11-14-6-8-22(17(23)18(19,20)21)7-5-13(14)10-15(16)12(2)3/h4,10-12H,1,5-9H2,2-3H3. The van der Waals surface area contributed by atoms with E-state index in [1.54, 1.807) is 6.08 Å². The van der Waals surface area contributed by atoms with Crippen LogP contribution in [0.4, 0.5) is 13.2 Å². The van der Waals surface area contributed by atoms with Gasteiger partial charge < -0.3 is 9.64 Å². The van der Waals surface area contributed by atoms with Crippen LogP contribution in [0.15, 0.2) is 24.8 Å². The maximum atomic E-state index is 12.6. The van der Waals surface area contributed by atoms with Gasteiger partial charge in [-0.15, -0.1) is 0 Å². The summed E-state index contributed by atoms with van der Waals surface area (Å²) in [7, 11) is 0. The average molecular weight is 341 g/mol. The Morgan fingerprint density at radius 2 is 1.88 bits per heavy atom. The molecule has 3 nitrogen and oxygen atoms in total. The molecular weight excluding hydrogens is 319 g/mol. The van der Waals surface area contributed by atoms with Crippen LogP contribution < -0.4 is 4.74 Å². The summed E-state index contributed by atoms with van der Waals surface area (Å²) in [6, 6.07) is 3.90. The fraction of sp³-hybridized carbons (Fsp3) is 0.500. The molecule has 1 aromatic carbocycles. The smallest absolute Gasteiger partial charge is 0.471 e. The molecule has 6 heteroatoms. The first kappa shape index (κ1) is 18.4. The van der Waals surface area contributed by atoms with Gasteiger partial charge in [-0.25, -0.2) is 0 Å². The first-order valence-electron chi connectivity index (χ1n) is 7.99. The molecule has 0 aromatic heterocycles. The van der Waals surface area contributed by atoms with Crippen LogP contribution in [0.3, 0.4) is 0 Å². The Morgan fingerprint density at radius 3 is 2.38 bits per heavy atom. The van der Waals surface area contributed by atoms with Crippen molar-refractivity contribution in [3.63, 3.8) is 0 Å². The van der Waals surface area contributed by atoms with Crippen molar-refractivity contribution in [1.29, 1.82) is 0 Å². The van der Waals surface area contributed by atoms with E-state index in [-0.39, 0.29) is 19.0 Å². The molecule has 0 saturated heterocycles. The van der Waals surface area contributed by atoms with Gasteiger partial charge in [-0.3, -0.25) is 4.79 Å². The largest absolute Gasteiger partial charge is 0.489 e. The third kappa shape index (κ3) is 4.10. The normalized spacial score (nSPS) is 15.0. The lowest BCUT2D eigenvalue weighted by molar-refractivity contribution is -0.185. The van der Waals surface area contributed by atoms with Crippen molar-refractivity contribution in [3.8, 4) is 5.75 Å². The lowest BCUT2D eigenvalue weighted by Crippen LogP contribution is -2.42. The number of carbonyl (C=O) groups excluding carboxylic acids is 1. The lowest BCUT2D eigenvalue weighted by Gasteiger charge is -2.21. The van der Waals surface area contributed by atoms with Gasteiger partial charge in [0.2, 0.25) is 0 Å². The monoisotopic (exact) mass is 341 g/mol. The molecule has 1 aromatic rings. The first-order valence-corrected chi connectivity index (χ1v) is 7.99. The molecule has 132 valence electrons. The molecule has 1 aliphatic rings. The minimum absolute atomic E-state index is 0.0628. The van der Waals surface area contributed by atoms with Crippen molar-refractivity contribution in [2.24, 2.45) is 0 Å². The Labute approximate surface area is 140 Å². The van der Waals surface area contributed by atoms with E-state index in [2.05, 4.69) is 6.58 Å². The second kappa shape index (κ2) is 7.28. The summed E-state index contributed by atoms with van der Waals surface area (Å²) in [5.74, 6) is -0.798. The zero-order valence-corrected chi connectivity index (χ0v) is 13.9. The number of alkyl halides is 3. The second-order valence-corrected chi connectivity index (χ2v) is 6.20. The van der Waals surface area contributed by atoms with E-state index in [1.165, 1.54) is 0 Å². The van der Waals surface area contributed by atoms with E-state index in [4.69, 9.17) is 4.74 Å². The molecular formula is C18H22F3NO2. The van der Waals surface area contributed by atoms with Crippen LogP contribution in [-0.4, -0.2) is 36.7 Å². The molecule has 0 fully saturated rings. The topological polar surface area (TPSA) is 29.5 Å². The van der Waals surface area contributed by atoms with Gasteiger partial charge in [0.05, 0.1) is 0 Å². The number of benzene rings is 1. The number of ether oxygens (including phenoxy) is 1. The third-order valence-electron chi connectivity index (χ3n) is 4.14. The number of nitrogens with zero attached hydrogens (tertiary/aromatic N) is 1. The maximum Gasteiger partial charge on any atom is 0.471 e. The summed E-state index contributed by atoms with van der Waals surface area (Å²) in [4.78, 5) is 12.4. The maximum absolute atomic E-state index is 12.6. The zero-order chi connectivity index (χ0) is 17.9. The fourth-order valence-corrected chi connectivity index (χ4v) is 2.88. The first-order chi connectivity index (χ1) is 11.2. The Hall–Kier alpha value is -1.98. The number of hydrogen-bond acceptors (Lipinski definition) is 2. The summed E-state index contributed by atoms with van der Waals surface area (Å²) in [5, 5.41) is 0. The van der Waals surface area contributed by atoms with Crippen LogP contribution in [0, 0.1) is 0 Å². The molecule has 0 spiro atoms. The third-order valence-corrected chi connectivity index (χ3v) is 4.14. The minimum Gasteiger partial charge on any atom is -0.489 e. The number of amides is 1. The van der Waals surface area contributed by atoms with Gasteiger partial charge in [0.25, 0.3) is 0 Å². The summed E-state index contributed by atoms with van der Waals surface area (Å²) >= 11 is 0. The van der Waals surface area contributed by atoms with Gasteiger partial charge in [-0.05, 0) is 41.5 Å². The van der Waals surface area contributed by atoms with Crippen molar-refractivity contribution in [3.05, 3.63) is 41.5 Å². The number of fused-ring (bicyclic) bond motifs is 1. The fourth-order valence-electron chi connectivity index (χ4n) is 2.88. The summed E-state index contributed by atoms with van der Waals surface area (Å²) in [6.45, 7) is 8.22.